The number of hydrogen-bond donors (Lipinski definition) is 0. The van der Waals surface area contributed by atoms with Crippen LogP contribution < -0.4 is 5.43 Å². The lowest BCUT2D eigenvalue weighted by molar-refractivity contribution is 0.0780. The van der Waals surface area contributed by atoms with Crippen LogP contribution in [-0.4, -0.2) is 27.6 Å². The van der Waals surface area contributed by atoms with E-state index in [0.717, 1.165) is 29.6 Å². The third-order valence-corrected chi connectivity index (χ3v) is 5.40. The Kier molecular flexibility index (Phi) is 4.05. The molecule has 0 atom stereocenters. The van der Waals surface area contributed by atoms with E-state index < -0.39 is 0 Å². The van der Waals surface area contributed by atoms with Crippen LogP contribution in [0.15, 0.2) is 70.1 Å². The zero-order valence-electron chi connectivity index (χ0n) is 16.0. The number of carbonyl (C=O) groups excluding carboxylic acids is 1. The highest BCUT2D eigenvalue weighted by atomic mass is 16.5. The molecule has 144 valence electrons. The second-order valence-corrected chi connectivity index (χ2v) is 7.34. The maximum Gasteiger partial charge on any atom is 0.259 e. The summed E-state index contributed by atoms with van der Waals surface area (Å²) < 4.78 is 7.42. The number of para-hydroxylation sites is 1. The first kappa shape index (κ1) is 17.4. The van der Waals surface area contributed by atoms with Crippen molar-refractivity contribution in [1.29, 1.82) is 0 Å². The van der Waals surface area contributed by atoms with E-state index in [1.165, 1.54) is 4.90 Å². The molecule has 0 saturated carbocycles. The van der Waals surface area contributed by atoms with E-state index in [4.69, 9.17) is 4.52 Å². The van der Waals surface area contributed by atoms with Crippen molar-refractivity contribution < 1.29 is 9.32 Å². The van der Waals surface area contributed by atoms with Crippen molar-refractivity contribution in [2.24, 2.45) is 0 Å². The smallest absolute Gasteiger partial charge is 0.259 e. The Morgan fingerprint density at radius 3 is 2.83 bits per heavy atom. The Bertz CT molecular complexity index is 1290. The zero-order chi connectivity index (χ0) is 20.0. The Balaban J connectivity index is 1.43. The first-order chi connectivity index (χ1) is 14.1. The summed E-state index contributed by atoms with van der Waals surface area (Å²) in [5.74, 6) is 0.329. The number of rotatable bonds is 4. The fourth-order valence-electron chi connectivity index (χ4n) is 3.95. The fourth-order valence-corrected chi connectivity index (χ4v) is 3.95. The van der Waals surface area contributed by atoms with E-state index in [0.29, 0.717) is 16.8 Å². The van der Waals surface area contributed by atoms with Crippen LogP contribution in [0, 0.1) is 0 Å². The van der Waals surface area contributed by atoms with Gasteiger partial charge in [-0.3, -0.25) is 9.59 Å². The van der Waals surface area contributed by atoms with Crippen molar-refractivity contribution in [2.45, 2.75) is 19.5 Å². The number of carbonyl (C=O) groups is 1. The molecular formula is C23H19N3O3. The van der Waals surface area contributed by atoms with Gasteiger partial charge in [0, 0.05) is 36.8 Å². The van der Waals surface area contributed by atoms with Crippen molar-refractivity contribution >= 4 is 16.8 Å². The molecule has 0 bridgehead atoms. The molecule has 6 nitrogen and oxygen atoms in total. The molecule has 4 aromatic rings. The van der Waals surface area contributed by atoms with Gasteiger partial charge in [-0.05, 0) is 18.1 Å². The highest BCUT2D eigenvalue weighted by Crippen LogP contribution is 2.24. The molecule has 5 rings (SSSR count). The van der Waals surface area contributed by atoms with Crippen molar-refractivity contribution in [3.8, 4) is 11.3 Å². The molecule has 1 amide bonds. The standard InChI is InChI=1S/C23H19N3O3/c1-25(13-17-12-20(29-24-17)15-6-3-2-4-7-15)23(28)19-14-26-11-10-16-8-5-9-18(21(16)26)22(19)27/h2-9,12,14H,10-11,13H2,1H3. The lowest BCUT2D eigenvalue weighted by Crippen LogP contribution is -2.31. The summed E-state index contributed by atoms with van der Waals surface area (Å²) in [6.45, 7) is 1.04. The Hall–Kier alpha value is -3.67. The second-order valence-electron chi connectivity index (χ2n) is 7.34. The van der Waals surface area contributed by atoms with Gasteiger partial charge >= 0.3 is 0 Å². The van der Waals surface area contributed by atoms with Crippen LogP contribution in [-0.2, 0) is 19.5 Å². The van der Waals surface area contributed by atoms with Gasteiger partial charge < -0.3 is 14.0 Å². The molecule has 0 unspecified atom stereocenters. The first-order valence-electron chi connectivity index (χ1n) is 9.53. The van der Waals surface area contributed by atoms with Gasteiger partial charge in [-0.2, -0.15) is 0 Å². The minimum atomic E-state index is -0.317. The monoisotopic (exact) mass is 385 g/mol. The van der Waals surface area contributed by atoms with E-state index >= 15 is 0 Å². The van der Waals surface area contributed by atoms with E-state index in [-0.39, 0.29) is 23.4 Å². The van der Waals surface area contributed by atoms with Gasteiger partial charge in [0.25, 0.3) is 5.91 Å². The fraction of sp³-hybridized carbons (Fsp3) is 0.174. The molecule has 3 heterocycles. The quantitative estimate of drug-likeness (QED) is 0.539. The van der Waals surface area contributed by atoms with Crippen LogP contribution >= 0.6 is 0 Å². The highest BCUT2D eigenvalue weighted by Gasteiger charge is 2.23. The summed E-state index contributed by atoms with van der Waals surface area (Å²) in [6, 6.07) is 17.2. The minimum absolute atomic E-state index is 0.186. The van der Waals surface area contributed by atoms with Crippen LogP contribution in [0.2, 0.25) is 0 Å². The second kappa shape index (κ2) is 6.74. The van der Waals surface area contributed by atoms with Crippen molar-refractivity contribution in [3.05, 3.63) is 87.8 Å². The molecule has 1 aliphatic heterocycles. The number of hydrogen-bond acceptors (Lipinski definition) is 4. The molecule has 0 saturated heterocycles. The van der Waals surface area contributed by atoms with Crippen molar-refractivity contribution in [1.82, 2.24) is 14.6 Å². The largest absolute Gasteiger partial charge is 0.356 e. The van der Waals surface area contributed by atoms with E-state index in [9.17, 15) is 9.59 Å². The summed E-state index contributed by atoms with van der Waals surface area (Å²) in [5.41, 5.74) is 3.62. The van der Waals surface area contributed by atoms with Crippen molar-refractivity contribution in [3.63, 3.8) is 0 Å². The molecule has 0 N–H and O–H groups in total. The third-order valence-electron chi connectivity index (χ3n) is 5.40. The number of aryl methyl sites for hydroxylation is 2. The topological polar surface area (TPSA) is 68.3 Å². The average Bonchev–Trinajstić information content (AvgIpc) is 3.38. The van der Waals surface area contributed by atoms with E-state index in [2.05, 4.69) is 5.16 Å². The molecule has 2 aromatic heterocycles. The zero-order valence-corrected chi connectivity index (χ0v) is 16.0. The first-order valence-corrected chi connectivity index (χ1v) is 9.53. The van der Waals surface area contributed by atoms with Gasteiger partial charge in [-0.15, -0.1) is 0 Å². The predicted octanol–water partition coefficient (Wildman–Crippen LogP) is 3.48. The van der Waals surface area contributed by atoms with E-state index in [1.807, 2.05) is 53.1 Å². The van der Waals surface area contributed by atoms with Crippen LogP contribution in [0.25, 0.3) is 22.2 Å². The van der Waals surface area contributed by atoms with Crippen LogP contribution in [0.4, 0.5) is 0 Å². The van der Waals surface area contributed by atoms with Gasteiger partial charge in [0.2, 0.25) is 5.43 Å². The number of benzene rings is 2. The third kappa shape index (κ3) is 2.93. The summed E-state index contributed by atoms with van der Waals surface area (Å²) in [5, 5.41) is 4.67. The maximum atomic E-state index is 13.0. The number of nitrogens with zero attached hydrogens (tertiary/aromatic N) is 3. The molecule has 0 fully saturated rings. The van der Waals surface area contributed by atoms with Gasteiger partial charge in [0.1, 0.15) is 11.3 Å². The summed E-state index contributed by atoms with van der Waals surface area (Å²) >= 11 is 0. The summed E-state index contributed by atoms with van der Waals surface area (Å²) in [7, 11) is 1.67. The number of pyridine rings is 1. The Morgan fingerprint density at radius 1 is 1.17 bits per heavy atom. The Labute approximate surface area is 167 Å². The SMILES string of the molecule is CN(Cc1cc(-c2ccccc2)on1)C(=O)c1cn2c3c(cccc3c1=O)CC2. The number of aromatic nitrogens is 2. The van der Waals surface area contributed by atoms with Gasteiger partial charge in [-0.1, -0.05) is 47.6 Å². The lowest BCUT2D eigenvalue weighted by atomic mass is 10.1. The van der Waals surface area contributed by atoms with Crippen molar-refractivity contribution in [2.75, 3.05) is 7.05 Å². The molecule has 6 heteroatoms. The minimum Gasteiger partial charge on any atom is -0.356 e. The predicted molar refractivity (Wildman–Crippen MR) is 110 cm³/mol. The molecule has 1 aliphatic rings. The summed E-state index contributed by atoms with van der Waals surface area (Å²) in [4.78, 5) is 27.5. The van der Waals surface area contributed by atoms with E-state index in [1.54, 1.807) is 19.3 Å². The maximum absolute atomic E-state index is 13.0. The van der Waals surface area contributed by atoms with Gasteiger partial charge in [0.15, 0.2) is 5.76 Å². The van der Waals surface area contributed by atoms with Crippen LogP contribution in [0.1, 0.15) is 21.6 Å². The lowest BCUT2D eigenvalue weighted by Gasteiger charge is -2.16. The van der Waals surface area contributed by atoms with Gasteiger partial charge in [-0.25, -0.2) is 0 Å². The average molecular weight is 385 g/mol. The molecule has 0 aliphatic carbocycles. The number of amides is 1. The molecule has 0 spiro atoms. The van der Waals surface area contributed by atoms with Crippen LogP contribution in [0.5, 0.6) is 0 Å². The van der Waals surface area contributed by atoms with Gasteiger partial charge in [0.05, 0.1) is 12.1 Å². The molecule has 29 heavy (non-hydrogen) atoms. The molecular weight excluding hydrogens is 366 g/mol. The van der Waals surface area contributed by atoms with Crippen LogP contribution in [0.3, 0.4) is 0 Å². The molecule has 0 radical (unpaired) electrons. The highest BCUT2D eigenvalue weighted by molar-refractivity contribution is 5.98. The normalized spacial score (nSPS) is 12.4. The molecule has 2 aromatic carbocycles. The Morgan fingerprint density at radius 2 is 2.00 bits per heavy atom. The summed E-state index contributed by atoms with van der Waals surface area (Å²) in [6.07, 6.45) is 2.57.